The zero-order valence-electron chi connectivity index (χ0n) is 17.2. The number of nitriles is 1. The van der Waals surface area contributed by atoms with Crippen molar-refractivity contribution in [3.05, 3.63) is 54.1 Å². The average molecular weight is 398 g/mol. The Morgan fingerprint density at radius 2 is 1.56 bits per heavy atom. The lowest BCUT2D eigenvalue weighted by Gasteiger charge is -2.34. The van der Waals surface area contributed by atoms with Crippen molar-refractivity contribution >= 4 is 17.4 Å². The lowest BCUT2D eigenvalue weighted by Crippen LogP contribution is -2.50. The third kappa shape index (κ3) is 6.35. The molecule has 2 aromatic carbocycles. The van der Waals surface area contributed by atoms with Crippen LogP contribution in [0, 0.1) is 11.3 Å². The van der Waals surface area contributed by atoms with Gasteiger partial charge in [0.2, 0.25) is 8.32 Å². The van der Waals surface area contributed by atoms with Crippen molar-refractivity contribution in [2.24, 2.45) is 0 Å². The van der Waals surface area contributed by atoms with Gasteiger partial charge in [-0.15, -0.1) is 0 Å². The number of rotatable bonds is 9. The Kier molecular flexibility index (Phi) is 7.84. The maximum absolute atomic E-state index is 8.93. The van der Waals surface area contributed by atoms with E-state index >= 15 is 0 Å². The predicted molar refractivity (Wildman–Crippen MR) is 118 cm³/mol. The molecule has 0 radical (unpaired) electrons. The standard InChI is InChI=1S/C22H31NO2Si2/c1-6-7-8-22(27(4,5)25-26(2)3)24-21-15-13-20(14-16-21)19-11-9-18(17-23)10-12-19/h9-16,22,26H,6-8H2,1-5H3. The van der Waals surface area contributed by atoms with Gasteiger partial charge >= 0.3 is 0 Å². The monoisotopic (exact) mass is 397 g/mol. The first kappa shape index (κ1) is 21.4. The highest BCUT2D eigenvalue weighted by atomic mass is 28.4. The minimum Gasteiger partial charge on any atom is -0.491 e. The summed E-state index contributed by atoms with van der Waals surface area (Å²) in [6, 6.07) is 18.1. The molecule has 0 saturated carbocycles. The molecule has 0 aliphatic carbocycles. The fraction of sp³-hybridized carbons (Fsp3) is 0.409. The van der Waals surface area contributed by atoms with E-state index in [-0.39, 0.29) is 5.73 Å². The average Bonchev–Trinajstić information content (AvgIpc) is 2.64. The number of hydrogen-bond donors (Lipinski definition) is 0. The van der Waals surface area contributed by atoms with E-state index in [1.165, 1.54) is 6.42 Å². The van der Waals surface area contributed by atoms with Crippen LogP contribution in [0.1, 0.15) is 31.7 Å². The van der Waals surface area contributed by atoms with Gasteiger partial charge in [-0.05, 0) is 68.0 Å². The molecule has 0 amide bonds. The lowest BCUT2D eigenvalue weighted by atomic mass is 10.0. The fourth-order valence-electron chi connectivity index (χ4n) is 3.25. The molecule has 0 fully saturated rings. The number of nitrogens with zero attached hydrogens (tertiary/aromatic N) is 1. The van der Waals surface area contributed by atoms with Gasteiger partial charge in [-0.1, -0.05) is 44.0 Å². The highest BCUT2D eigenvalue weighted by Crippen LogP contribution is 2.27. The molecule has 1 atom stereocenters. The molecule has 144 valence electrons. The van der Waals surface area contributed by atoms with Crippen molar-refractivity contribution in [1.29, 1.82) is 5.26 Å². The van der Waals surface area contributed by atoms with Gasteiger partial charge < -0.3 is 8.85 Å². The van der Waals surface area contributed by atoms with E-state index in [1.54, 1.807) is 0 Å². The van der Waals surface area contributed by atoms with E-state index in [1.807, 2.05) is 36.4 Å². The summed E-state index contributed by atoms with van der Waals surface area (Å²) in [5.74, 6) is 0.906. The number of unbranched alkanes of at least 4 members (excludes halogenated alkanes) is 1. The van der Waals surface area contributed by atoms with E-state index in [9.17, 15) is 0 Å². The van der Waals surface area contributed by atoms with Crippen LogP contribution in [0.5, 0.6) is 5.75 Å². The van der Waals surface area contributed by atoms with E-state index < -0.39 is 17.4 Å². The smallest absolute Gasteiger partial charge is 0.216 e. The maximum atomic E-state index is 8.93. The summed E-state index contributed by atoms with van der Waals surface area (Å²) in [4.78, 5) is 0. The molecule has 1 unspecified atom stereocenters. The molecular formula is C22H31NO2Si2. The molecule has 0 saturated heterocycles. The van der Waals surface area contributed by atoms with Crippen LogP contribution in [0.2, 0.25) is 26.2 Å². The molecule has 2 rings (SSSR count). The van der Waals surface area contributed by atoms with Gasteiger partial charge in [0.1, 0.15) is 11.5 Å². The van der Waals surface area contributed by atoms with Gasteiger partial charge in [0.25, 0.3) is 0 Å². The van der Waals surface area contributed by atoms with E-state index in [2.05, 4.69) is 51.3 Å². The minimum absolute atomic E-state index is 0.174. The molecule has 5 heteroatoms. The Labute approximate surface area is 166 Å². The number of ether oxygens (including phenoxy) is 1. The van der Waals surface area contributed by atoms with Crippen molar-refractivity contribution in [1.82, 2.24) is 0 Å². The molecule has 0 spiro atoms. The maximum Gasteiger partial charge on any atom is 0.216 e. The van der Waals surface area contributed by atoms with E-state index in [4.69, 9.17) is 14.1 Å². The van der Waals surface area contributed by atoms with Crippen LogP contribution >= 0.6 is 0 Å². The summed E-state index contributed by atoms with van der Waals surface area (Å²) in [7, 11) is -2.99. The zero-order valence-corrected chi connectivity index (χ0v) is 19.3. The topological polar surface area (TPSA) is 42.2 Å². The van der Waals surface area contributed by atoms with Gasteiger partial charge in [-0.3, -0.25) is 0 Å². The summed E-state index contributed by atoms with van der Waals surface area (Å²) < 4.78 is 12.8. The Bertz CT molecular complexity index is 749. The second-order valence-electron chi connectivity index (χ2n) is 7.73. The third-order valence-corrected chi connectivity index (χ3v) is 10.9. The SMILES string of the molecule is CCCCC(Oc1ccc(-c2ccc(C#N)cc2)cc1)[Si](C)(C)O[SiH](C)C. The van der Waals surface area contributed by atoms with Crippen LogP contribution < -0.4 is 4.74 Å². The quantitative estimate of drug-likeness (QED) is 0.494. The summed E-state index contributed by atoms with van der Waals surface area (Å²) in [6.45, 7) is 11.3. The molecular weight excluding hydrogens is 366 g/mol. The molecule has 27 heavy (non-hydrogen) atoms. The van der Waals surface area contributed by atoms with Crippen molar-refractivity contribution in [3.63, 3.8) is 0 Å². The van der Waals surface area contributed by atoms with Crippen molar-refractivity contribution in [2.75, 3.05) is 0 Å². The minimum atomic E-state index is -1.90. The lowest BCUT2D eigenvalue weighted by molar-refractivity contribution is 0.235. The van der Waals surface area contributed by atoms with Crippen molar-refractivity contribution in [2.45, 2.75) is 58.1 Å². The first-order valence-electron chi connectivity index (χ1n) is 9.80. The van der Waals surface area contributed by atoms with Crippen LogP contribution in [0.3, 0.4) is 0 Å². The van der Waals surface area contributed by atoms with Gasteiger partial charge in [0.15, 0.2) is 9.04 Å². The molecule has 3 nitrogen and oxygen atoms in total. The molecule has 0 aromatic heterocycles. The fourth-order valence-corrected chi connectivity index (χ4v) is 10.0. The Morgan fingerprint density at radius 3 is 2.04 bits per heavy atom. The molecule has 0 aliphatic heterocycles. The van der Waals surface area contributed by atoms with E-state index in [0.29, 0.717) is 5.56 Å². The van der Waals surface area contributed by atoms with Crippen LogP contribution in [-0.4, -0.2) is 23.1 Å². The predicted octanol–water partition coefficient (Wildman–Crippen LogP) is 5.91. The van der Waals surface area contributed by atoms with Gasteiger partial charge in [0, 0.05) is 0 Å². The zero-order chi connectivity index (χ0) is 19.9. The Hall–Kier alpha value is -1.88. The van der Waals surface area contributed by atoms with Crippen LogP contribution in [0.15, 0.2) is 48.5 Å². The molecule has 0 N–H and O–H groups in total. The highest BCUT2D eigenvalue weighted by molar-refractivity contribution is 6.78. The summed E-state index contributed by atoms with van der Waals surface area (Å²) in [5.41, 5.74) is 3.08. The number of benzene rings is 2. The second kappa shape index (κ2) is 9.88. The largest absolute Gasteiger partial charge is 0.491 e. The van der Waals surface area contributed by atoms with Crippen molar-refractivity contribution in [3.8, 4) is 22.9 Å². The molecule has 0 aliphatic rings. The number of hydrogen-bond acceptors (Lipinski definition) is 3. The molecule has 2 aromatic rings. The first-order valence-corrected chi connectivity index (χ1v) is 15.6. The summed E-state index contributed by atoms with van der Waals surface area (Å²) >= 11 is 0. The van der Waals surface area contributed by atoms with Gasteiger partial charge in [-0.2, -0.15) is 5.26 Å². The first-order chi connectivity index (χ1) is 12.9. The summed E-state index contributed by atoms with van der Waals surface area (Å²) in [6.07, 6.45) is 3.38. The van der Waals surface area contributed by atoms with E-state index in [0.717, 1.165) is 29.7 Å². The second-order valence-corrected chi connectivity index (χ2v) is 14.6. The van der Waals surface area contributed by atoms with Crippen LogP contribution in [0.4, 0.5) is 0 Å². The van der Waals surface area contributed by atoms with Crippen LogP contribution in [-0.2, 0) is 4.12 Å². The highest BCUT2D eigenvalue weighted by Gasteiger charge is 2.36. The summed E-state index contributed by atoms with van der Waals surface area (Å²) in [5, 5.41) is 8.93. The third-order valence-electron chi connectivity index (χ3n) is 4.61. The van der Waals surface area contributed by atoms with Crippen LogP contribution in [0.25, 0.3) is 11.1 Å². The Balaban J connectivity index is 2.14. The molecule has 0 heterocycles. The van der Waals surface area contributed by atoms with Gasteiger partial charge in [-0.25, -0.2) is 0 Å². The molecule has 0 bridgehead atoms. The Morgan fingerprint density at radius 1 is 1.00 bits per heavy atom. The van der Waals surface area contributed by atoms with Crippen molar-refractivity contribution < 1.29 is 8.85 Å². The van der Waals surface area contributed by atoms with Gasteiger partial charge in [0.05, 0.1) is 11.6 Å². The normalized spacial score (nSPS) is 12.6.